The maximum Gasteiger partial charge on any atom is 0.0596 e. The average molecular weight is 306 g/mol. The van der Waals surface area contributed by atoms with Gasteiger partial charge in [0.25, 0.3) is 0 Å². The molecule has 0 fully saturated rings. The van der Waals surface area contributed by atoms with Gasteiger partial charge in [-0.05, 0) is 44.5 Å². The van der Waals surface area contributed by atoms with E-state index in [4.69, 9.17) is 11.6 Å². The number of hydrogen-bond acceptors (Lipinski definition) is 2. The Morgan fingerprint density at radius 3 is 2.67 bits per heavy atom. The van der Waals surface area contributed by atoms with E-state index in [-0.39, 0.29) is 0 Å². The molecule has 1 unspecified atom stereocenters. The molecule has 1 atom stereocenters. The van der Waals surface area contributed by atoms with E-state index in [2.05, 4.69) is 41.1 Å². The molecule has 2 rings (SSSR count). The fraction of sp³-hybridized carbons (Fsp3) is 0.471. The summed E-state index contributed by atoms with van der Waals surface area (Å²) in [5, 5.41) is 8.95. The number of aromatic nitrogens is 2. The summed E-state index contributed by atoms with van der Waals surface area (Å²) in [6.07, 6.45) is 1.90. The van der Waals surface area contributed by atoms with Crippen molar-refractivity contribution in [2.45, 2.75) is 46.2 Å². The monoisotopic (exact) mass is 305 g/mol. The summed E-state index contributed by atoms with van der Waals surface area (Å²) in [4.78, 5) is 0. The molecule has 0 bridgehead atoms. The van der Waals surface area contributed by atoms with Gasteiger partial charge in [-0.2, -0.15) is 5.10 Å². The van der Waals surface area contributed by atoms with Gasteiger partial charge >= 0.3 is 0 Å². The van der Waals surface area contributed by atoms with Crippen LogP contribution in [-0.4, -0.2) is 22.4 Å². The van der Waals surface area contributed by atoms with Gasteiger partial charge in [0, 0.05) is 29.7 Å². The van der Waals surface area contributed by atoms with Crippen LogP contribution in [0.4, 0.5) is 0 Å². The van der Waals surface area contributed by atoms with Gasteiger partial charge in [0.2, 0.25) is 0 Å². The van der Waals surface area contributed by atoms with Gasteiger partial charge in [-0.25, -0.2) is 0 Å². The van der Waals surface area contributed by atoms with E-state index in [0.717, 1.165) is 36.6 Å². The van der Waals surface area contributed by atoms with Crippen molar-refractivity contribution >= 4 is 11.6 Å². The van der Waals surface area contributed by atoms with E-state index in [1.807, 2.05) is 25.1 Å². The molecule has 1 aromatic carbocycles. The molecule has 0 radical (unpaired) electrons. The van der Waals surface area contributed by atoms with Crippen LogP contribution in [0.2, 0.25) is 5.02 Å². The second-order valence-corrected chi connectivity index (χ2v) is 5.75. The third-order valence-electron chi connectivity index (χ3n) is 3.66. The minimum absolute atomic E-state index is 0.372. The van der Waals surface area contributed by atoms with Crippen LogP contribution >= 0.6 is 11.6 Å². The highest BCUT2D eigenvalue weighted by Gasteiger charge is 2.14. The third-order valence-corrected chi connectivity index (χ3v) is 4.03. The second kappa shape index (κ2) is 7.62. The number of benzene rings is 1. The summed E-state index contributed by atoms with van der Waals surface area (Å²) in [5.41, 5.74) is 3.57. The van der Waals surface area contributed by atoms with Gasteiger partial charge in [0.15, 0.2) is 0 Å². The van der Waals surface area contributed by atoms with Crippen molar-refractivity contribution in [3.05, 3.63) is 52.3 Å². The topological polar surface area (TPSA) is 29.9 Å². The Bertz CT molecular complexity index is 577. The number of halogens is 1. The minimum atomic E-state index is 0.372. The number of nitrogens with zero attached hydrogens (tertiary/aromatic N) is 2. The molecular formula is C17H24ClN3. The molecule has 0 aliphatic carbocycles. The molecule has 4 heteroatoms. The zero-order valence-electron chi connectivity index (χ0n) is 13.1. The lowest BCUT2D eigenvalue weighted by Gasteiger charge is -2.19. The van der Waals surface area contributed by atoms with Crippen LogP contribution < -0.4 is 5.32 Å². The van der Waals surface area contributed by atoms with Gasteiger partial charge in [0.05, 0.1) is 5.69 Å². The Morgan fingerprint density at radius 2 is 2.00 bits per heavy atom. The Labute approximate surface area is 132 Å². The Balaban J connectivity index is 2.13. The molecule has 2 aromatic rings. The van der Waals surface area contributed by atoms with Gasteiger partial charge in [-0.1, -0.05) is 36.7 Å². The first-order chi connectivity index (χ1) is 10.1. The van der Waals surface area contributed by atoms with Crippen molar-refractivity contribution in [2.75, 3.05) is 6.54 Å². The molecular weight excluding hydrogens is 282 g/mol. The summed E-state index contributed by atoms with van der Waals surface area (Å²) >= 11 is 6.29. The van der Waals surface area contributed by atoms with Crippen LogP contribution in [0, 0.1) is 6.92 Å². The lowest BCUT2D eigenvalue weighted by atomic mass is 10.0. The third kappa shape index (κ3) is 4.32. The molecule has 0 amide bonds. The normalized spacial score (nSPS) is 12.6. The van der Waals surface area contributed by atoms with Crippen LogP contribution in [0.1, 0.15) is 30.8 Å². The molecule has 1 heterocycles. The highest BCUT2D eigenvalue weighted by Crippen LogP contribution is 2.18. The molecule has 1 aromatic heterocycles. The van der Waals surface area contributed by atoms with Crippen molar-refractivity contribution in [3.8, 4) is 0 Å². The first-order valence-corrected chi connectivity index (χ1v) is 8.02. The van der Waals surface area contributed by atoms with Crippen LogP contribution in [0.25, 0.3) is 0 Å². The fourth-order valence-corrected chi connectivity index (χ4v) is 2.94. The lowest BCUT2D eigenvalue weighted by Crippen LogP contribution is -2.33. The molecule has 0 spiro atoms. The first-order valence-electron chi connectivity index (χ1n) is 7.64. The number of rotatable bonds is 7. The van der Waals surface area contributed by atoms with Crippen LogP contribution in [0.3, 0.4) is 0 Å². The number of nitrogens with one attached hydrogen (secondary N) is 1. The Hall–Kier alpha value is -1.32. The Morgan fingerprint density at radius 1 is 1.24 bits per heavy atom. The van der Waals surface area contributed by atoms with Crippen LogP contribution in [-0.2, 0) is 19.4 Å². The predicted molar refractivity (Wildman–Crippen MR) is 89.0 cm³/mol. The molecule has 3 nitrogen and oxygen atoms in total. The van der Waals surface area contributed by atoms with Gasteiger partial charge < -0.3 is 5.32 Å². The SMILES string of the molecule is CCNC(Cc1ccccc1Cl)Cc1cc(C)nn1CC. The largest absolute Gasteiger partial charge is 0.314 e. The van der Waals surface area contributed by atoms with Crippen molar-refractivity contribution in [3.63, 3.8) is 0 Å². The van der Waals surface area contributed by atoms with Gasteiger partial charge in [-0.15, -0.1) is 0 Å². The van der Waals surface area contributed by atoms with Crippen LogP contribution in [0.5, 0.6) is 0 Å². The zero-order chi connectivity index (χ0) is 15.2. The maximum atomic E-state index is 6.29. The van der Waals surface area contributed by atoms with E-state index in [0.29, 0.717) is 6.04 Å². The number of aryl methyl sites for hydroxylation is 2. The molecule has 0 aliphatic heterocycles. The van der Waals surface area contributed by atoms with Gasteiger partial charge in [-0.3, -0.25) is 4.68 Å². The molecule has 21 heavy (non-hydrogen) atoms. The summed E-state index contributed by atoms with van der Waals surface area (Å²) in [7, 11) is 0. The summed E-state index contributed by atoms with van der Waals surface area (Å²) in [5.74, 6) is 0. The van der Waals surface area contributed by atoms with E-state index in [9.17, 15) is 0 Å². The zero-order valence-corrected chi connectivity index (χ0v) is 13.8. The van der Waals surface area contributed by atoms with Crippen LogP contribution in [0.15, 0.2) is 30.3 Å². The second-order valence-electron chi connectivity index (χ2n) is 5.35. The highest BCUT2D eigenvalue weighted by molar-refractivity contribution is 6.31. The smallest absolute Gasteiger partial charge is 0.0596 e. The fourth-order valence-electron chi connectivity index (χ4n) is 2.72. The van der Waals surface area contributed by atoms with E-state index in [1.165, 1.54) is 11.3 Å². The van der Waals surface area contributed by atoms with Crippen molar-refractivity contribution in [2.24, 2.45) is 0 Å². The van der Waals surface area contributed by atoms with Crippen molar-refractivity contribution in [1.29, 1.82) is 0 Å². The lowest BCUT2D eigenvalue weighted by molar-refractivity contribution is 0.495. The van der Waals surface area contributed by atoms with E-state index in [1.54, 1.807) is 0 Å². The highest BCUT2D eigenvalue weighted by atomic mass is 35.5. The summed E-state index contributed by atoms with van der Waals surface area (Å²) in [6, 6.07) is 10.6. The summed E-state index contributed by atoms with van der Waals surface area (Å²) in [6.45, 7) is 8.18. The first kappa shape index (κ1) is 16.1. The number of hydrogen-bond donors (Lipinski definition) is 1. The quantitative estimate of drug-likeness (QED) is 0.846. The van der Waals surface area contributed by atoms with Crippen molar-refractivity contribution in [1.82, 2.24) is 15.1 Å². The minimum Gasteiger partial charge on any atom is -0.314 e. The van der Waals surface area contributed by atoms with Gasteiger partial charge in [0.1, 0.15) is 0 Å². The molecule has 0 saturated heterocycles. The van der Waals surface area contributed by atoms with E-state index < -0.39 is 0 Å². The maximum absolute atomic E-state index is 6.29. The molecule has 114 valence electrons. The number of likely N-dealkylation sites (N-methyl/N-ethyl adjacent to an activating group) is 1. The molecule has 0 aliphatic rings. The predicted octanol–water partition coefficient (Wildman–Crippen LogP) is 3.63. The Kier molecular flexibility index (Phi) is 5.83. The average Bonchev–Trinajstić information content (AvgIpc) is 2.81. The molecule has 0 saturated carbocycles. The van der Waals surface area contributed by atoms with E-state index >= 15 is 0 Å². The standard InChI is InChI=1S/C17H24ClN3/c1-4-19-15(11-14-8-6-7-9-17(14)18)12-16-10-13(3)20-21(16)5-2/h6-10,15,19H,4-5,11-12H2,1-3H3. The molecule has 1 N–H and O–H groups in total. The van der Waals surface area contributed by atoms with Crippen molar-refractivity contribution < 1.29 is 0 Å². The summed E-state index contributed by atoms with van der Waals surface area (Å²) < 4.78 is 2.09.